The van der Waals surface area contributed by atoms with Crippen molar-refractivity contribution in [1.82, 2.24) is 14.5 Å². The maximum Gasteiger partial charge on any atom is 0.354 e. The summed E-state index contributed by atoms with van der Waals surface area (Å²) in [6, 6.07) is 30.2. The Morgan fingerprint density at radius 2 is 1.62 bits per heavy atom. The molecule has 0 unspecified atom stereocenters. The van der Waals surface area contributed by atoms with Crippen LogP contribution in [-0.4, -0.2) is 25.6 Å². The first-order valence-corrected chi connectivity index (χ1v) is 9.48. The van der Waals surface area contributed by atoms with Crippen LogP contribution in [0.4, 0.5) is 4.39 Å². The molecule has 0 aliphatic carbocycles. The SMILES string of the molecule is Fc1c[c-]c(-c2nc3ccccc3n2-c2ccccc2)cc1.O=C(O)c1ccccn1.[Ir]. The molecule has 1 N–H and O–H groups in total. The number of hydrogen-bond acceptors (Lipinski definition) is 3. The molecular weight excluding hydrogens is 586 g/mol. The van der Waals surface area contributed by atoms with Gasteiger partial charge in [0.2, 0.25) is 0 Å². The van der Waals surface area contributed by atoms with Gasteiger partial charge in [-0.3, -0.25) is 9.37 Å². The Balaban J connectivity index is 0.000000246. The molecule has 2 heterocycles. The molecule has 0 aliphatic rings. The van der Waals surface area contributed by atoms with Crippen LogP contribution in [0, 0.1) is 11.9 Å². The Labute approximate surface area is 197 Å². The van der Waals surface area contributed by atoms with E-state index in [-0.39, 0.29) is 31.6 Å². The third-order valence-corrected chi connectivity index (χ3v) is 4.47. The predicted octanol–water partition coefficient (Wildman–Crippen LogP) is 5.41. The summed E-state index contributed by atoms with van der Waals surface area (Å²) >= 11 is 0. The van der Waals surface area contributed by atoms with Gasteiger partial charge in [-0.15, -0.1) is 29.8 Å². The summed E-state index contributed by atoms with van der Waals surface area (Å²) in [4.78, 5) is 18.4. The topological polar surface area (TPSA) is 68.0 Å². The fourth-order valence-electron chi connectivity index (χ4n) is 3.08. The summed E-state index contributed by atoms with van der Waals surface area (Å²) in [5, 5.41) is 8.32. The number of carboxylic acids is 1. The second kappa shape index (κ2) is 10.6. The molecule has 3 aromatic carbocycles. The smallest absolute Gasteiger partial charge is 0.354 e. The van der Waals surface area contributed by atoms with Gasteiger partial charge in [-0.05, 0) is 36.4 Å². The molecule has 0 saturated heterocycles. The summed E-state index contributed by atoms with van der Waals surface area (Å²) in [6.45, 7) is 0. The minimum absolute atomic E-state index is 0. The van der Waals surface area contributed by atoms with Crippen LogP contribution in [0.2, 0.25) is 0 Å². The third-order valence-electron chi connectivity index (χ3n) is 4.47. The first kappa shape index (κ1) is 23.0. The van der Waals surface area contributed by atoms with Gasteiger partial charge in [0, 0.05) is 37.8 Å². The quantitative estimate of drug-likeness (QED) is 0.281. The number of fused-ring (bicyclic) bond motifs is 1. The van der Waals surface area contributed by atoms with Gasteiger partial charge in [0.15, 0.2) is 0 Å². The number of benzene rings is 3. The minimum atomic E-state index is -0.990. The number of aromatic carboxylic acids is 1. The van der Waals surface area contributed by atoms with Gasteiger partial charge in [-0.1, -0.05) is 36.4 Å². The van der Waals surface area contributed by atoms with E-state index in [1.54, 1.807) is 18.2 Å². The third kappa shape index (κ3) is 5.14. The number of imidazole rings is 1. The zero-order chi connectivity index (χ0) is 21.6. The number of hydrogen-bond donors (Lipinski definition) is 1. The van der Waals surface area contributed by atoms with Crippen molar-refractivity contribution in [3.63, 3.8) is 0 Å². The number of nitrogens with zero attached hydrogens (tertiary/aromatic N) is 3. The second-order valence-corrected chi connectivity index (χ2v) is 6.54. The number of pyridine rings is 1. The van der Waals surface area contributed by atoms with Crippen molar-refractivity contribution in [2.45, 2.75) is 0 Å². The average Bonchev–Trinajstić information content (AvgIpc) is 3.21. The molecule has 1 radical (unpaired) electrons. The first-order valence-electron chi connectivity index (χ1n) is 9.48. The number of carboxylic acid groups (broad SMARTS) is 1. The van der Waals surface area contributed by atoms with Crippen LogP contribution in [-0.2, 0) is 20.1 Å². The van der Waals surface area contributed by atoms with E-state index in [1.807, 2.05) is 54.6 Å². The van der Waals surface area contributed by atoms with E-state index >= 15 is 0 Å². The number of aromatic nitrogens is 3. The Kier molecular flexibility index (Phi) is 7.60. The van der Waals surface area contributed by atoms with E-state index in [4.69, 9.17) is 10.1 Å². The van der Waals surface area contributed by atoms with Gasteiger partial charge in [0.25, 0.3) is 0 Å². The summed E-state index contributed by atoms with van der Waals surface area (Å²) in [5.74, 6) is -0.533. The van der Waals surface area contributed by atoms with E-state index in [0.717, 1.165) is 28.1 Å². The van der Waals surface area contributed by atoms with Crippen LogP contribution in [0.5, 0.6) is 0 Å². The van der Waals surface area contributed by atoms with Crippen LogP contribution in [0.25, 0.3) is 28.1 Å². The first-order chi connectivity index (χ1) is 15.1. The molecule has 0 spiro atoms. The molecule has 2 aromatic heterocycles. The van der Waals surface area contributed by atoms with Gasteiger partial charge in [0.05, 0.1) is 16.9 Å². The maximum absolute atomic E-state index is 13.2. The van der Waals surface area contributed by atoms with Gasteiger partial charge in [0.1, 0.15) is 5.69 Å². The molecule has 5 rings (SSSR count). The average molecular weight is 603 g/mol. The Bertz CT molecular complexity index is 1310. The number of rotatable bonds is 3. The second-order valence-electron chi connectivity index (χ2n) is 6.54. The fraction of sp³-hybridized carbons (Fsp3) is 0. The normalized spacial score (nSPS) is 10.0. The largest absolute Gasteiger partial charge is 0.477 e. The number of carbonyl (C=O) groups is 1. The van der Waals surface area contributed by atoms with Crippen molar-refractivity contribution in [1.29, 1.82) is 0 Å². The Morgan fingerprint density at radius 3 is 2.25 bits per heavy atom. The van der Waals surface area contributed by atoms with Crippen LogP contribution in [0.3, 0.4) is 0 Å². The van der Waals surface area contributed by atoms with E-state index < -0.39 is 5.97 Å². The number of halogens is 1. The van der Waals surface area contributed by atoms with Crippen LogP contribution in [0.1, 0.15) is 10.5 Å². The van der Waals surface area contributed by atoms with E-state index in [1.165, 1.54) is 24.4 Å². The molecule has 5 aromatic rings. The zero-order valence-electron chi connectivity index (χ0n) is 16.6. The molecule has 0 bridgehead atoms. The molecule has 5 nitrogen and oxygen atoms in total. The monoisotopic (exact) mass is 603 g/mol. The van der Waals surface area contributed by atoms with Crippen molar-refractivity contribution in [2.24, 2.45) is 0 Å². The molecule has 7 heteroatoms. The molecule has 0 fully saturated rings. The molecule has 0 aliphatic heterocycles. The van der Waals surface area contributed by atoms with E-state index in [9.17, 15) is 9.18 Å². The zero-order valence-corrected chi connectivity index (χ0v) is 19.0. The number of para-hydroxylation sites is 3. The summed E-state index contributed by atoms with van der Waals surface area (Å²) in [5.41, 5.74) is 3.78. The van der Waals surface area contributed by atoms with Gasteiger partial charge in [-0.2, -0.15) is 0 Å². The van der Waals surface area contributed by atoms with Gasteiger partial charge >= 0.3 is 5.97 Å². The van der Waals surface area contributed by atoms with Crippen LogP contribution >= 0.6 is 0 Å². The van der Waals surface area contributed by atoms with E-state index in [0.29, 0.717) is 0 Å². The van der Waals surface area contributed by atoms with Crippen molar-refractivity contribution in [2.75, 3.05) is 0 Å². The minimum Gasteiger partial charge on any atom is -0.477 e. The van der Waals surface area contributed by atoms with Crippen molar-refractivity contribution >= 4 is 17.0 Å². The molecular formula is C25H17FIrN3O2-. The Hall–Kier alpha value is -3.67. The van der Waals surface area contributed by atoms with Crippen molar-refractivity contribution < 1.29 is 34.4 Å². The maximum atomic E-state index is 13.2. The summed E-state index contributed by atoms with van der Waals surface area (Å²) in [7, 11) is 0. The predicted molar refractivity (Wildman–Crippen MR) is 116 cm³/mol. The molecule has 161 valence electrons. The van der Waals surface area contributed by atoms with Crippen molar-refractivity contribution in [3.8, 4) is 17.1 Å². The summed E-state index contributed by atoms with van der Waals surface area (Å²) in [6.07, 6.45) is 1.45. The molecule has 0 amide bonds. The van der Waals surface area contributed by atoms with E-state index in [2.05, 4.69) is 15.6 Å². The van der Waals surface area contributed by atoms with Crippen LogP contribution in [0.15, 0.2) is 97.2 Å². The van der Waals surface area contributed by atoms with Crippen molar-refractivity contribution in [3.05, 3.63) is 115 Å². The molecule has 0 saturated carbocycles. The Morgan fingerprint density at radius 1 is 0.906 bits per heavy atom. The van der Waals surface area contributed by atoms with Gasteiger partial charge in [-0.25, -0.2) is 9.78 Å². The summed E-state index contributed by atoms with van der Waals surface area (Å²) < 4.78 is 15.2. The van der Waals surface area contributed by atoms with Crippen LogP contribution < -0.4 is 0 Å². The molecule has 0 atom stereocenters. The standard InChI is InChI=1S/C19H12FN2.C6H5NO2.Ir/c20-15-12-10-14(11-13-15)19-21-17-8-4-5-9-18(17)22(19)16-6-2-1-3-7-16;8-6(9)5-3-1-2-4-7-5;/h1-10,12-13H;1-4H,(H,8,9);/q-1;;. The van der Waals surface area contributed by atoms with Gasteiger partial charge < -0.3 is 9.67 Å². The molecule has 32 heavy (non-hydrogen) atoms. The fourth-order valence-corrected chi connectivity index (χ4v) is 3.08.